The number of carbonyl (C=O) groups excluding carboxylic acids is 1. The van der Waals surface area contributed by atoms with Gasteiger partial charge in [0.2, 0.25) is 0 Å². The number of benzene rings is 1. The SMILES string of the molecule is CC#CCNC(=O)c1cc(N)c(F)cc1F. The van der Waals surface area contributed by atoms with Crippen LogP contribution in [0, 0.1) is 23.5 Å². The van der Waals surface area contributed by atoms with Crippen molar-refractivity contribution in [1.82, 2.24) is 5.32 Å². The lowest BCUT2D eigenvalue weighted by Crippen LogP contribution is -2.24. The van der Waals surface area contributed by atoms with E-state index in [0.29, 0.717) is 6.07 Å². The molecule has 0 saturated carbocycles. The maximum Gasteiger partial charge on any atom is 0.255 e. The molecule has 0 atom stereocenters. The molecule has 84 valence electrons. The number of amides is 1. The van der Waals surface area contributed by atoms with E-state index in [1.807, 2.05) is 0 Å². The van der Waals surface area contributed by atoms with Crippen molar-refractivity contribution >= 4 is 11.6 Å². The van der Waals surface area contributed by atoms with E-state index in [4.69, 9.17) is 5.73 Å². The fourth-order valence-electron chi connectivity index (χ4n) is 1.05. The molecule has 1 aromatic carbocycles. The van der Waals surface area contributed by atoms with E-state index >= 15 is 0 Å². The third-order valence-electron chi connectivity index (χ3n) is 1.85. The summed E-state index contributed by atoms with van der Waals surface area (Å²) in [4.78, 5) is 11.4. The van der Waals surface area contributed by atoms with Crippen LogP contribution in [0.4, 0.5) is 14.5 Å². The molecule has 16 heavy (non-hydrogen) atoms. The van der Waals surface area contributed by atoms with Crippen LogP contribution in [0.3, 0.4) is 0 Å². The summed E-state index contributed by atoms with van der Waals surface area (Å²) >= 11 is 0. The molecular weight excluding hydrogens is 214 g/mol. The van der Waals surface area contributed by atoms with E-state index in [1.165, 1.54) is 0 Å². The van der Waals surface area contributed by atoms with Gasteiger partial charge >= 0.3 is 0 Å². The lowest BCUT2D eigenvalue weighted by Gasteiger charge is -2.05. The van der Waals surface area contributed by atoms with Gasteiger partial charge in [0.25, 0.3) is 5.91 Å². The van der Waals surface area contributed by atoms with Crippen LogP contribution in [0.2, 0.25) is 0 Å². The number of hydrogen-bond donors (Lipinski definition) is 2. The first-order valence-electron chi connectivity index (χ1n) is 4.48. The quantitative estimate of drug-likeness (QED) is 0.587. The molecule has 0 aromatic heterocycles. The summed E-state index contributed by atoms with van der Waals surface area (Å²) in [5, 5.41) is 2.36. The highest BCUT2D eigenvalue weighted by atomic mass is 19.1. The molecule has 0 aliphatic heterocycles. The van der Waals surface area contributed by atoms with Crippen LogP contribution >= 0.6 is 0 Å². The van der Waals surface area contributed by atoms with E-state index in [1.54, 1.807) is 6.92 Å². The Labute approximate surface area is 91.6 Å². The number of carbonyl (C=O) groups is 1. The molecule has 1 rings (SSSR count). The smallest absolute Gasteiger partial charge is 0.255 e. The average molecular weight is 224 g/mol. The van der Waals surface area contributed by atoms with Crippen molar-refractivity contribution < 1.29 is 13.6 Å². The normalized spacial score (nSPS) is 9.19. The van der Waals surface area contributed by atoms with E-state index in [0.717, 1.165) is 6.07 Å². The Morgan fingerprint density at radius 3 is 2.75 bits per heavy atom. The number of nitrogens with one attached hydrogen (secondary N) is 1. The third-order valence-corrected chi connectivity index (χ3v) is 1.85. The zero-order valence-corrected chi connectivity index (χ0v) is 8.60. The summed E-state index contributed by atoms with van der Waals surface area (Å²) in [5.74, 6) is 2.64. The molecule has 1 aromatic rings. The lowest BCUT2D eigenvalue weighted by atomic mass is 10.1. The van der Waals surface area contributed by atoms with Crippen LogP contribution in [-0.4, -0.2) is 12.5 Å². The molecule has 1 amide bonds. The molecule has 0 heterocycles. The van der Waals surface area contributed by atoms with Gasteiger partial charge in [0.05, 0.1) is 17.8 Å². The Bertz CT molecular complexity index is 475. The predicted octanol–water partition coefficient (Wildman–Crippen LogP) is 1.30. The number of hydrogen-bond acceptors (Lipinski definition) is 2. The summed E-state index contributed by atoms with van der Waals surface area (Å²) in [6.45, 7) is 1.72. The molecule has 0 aliphatic rings. The zero-order valence-electron chi connectivity index (χ0n) is 8.60. The summed E-state index contributed by atoms with van der Waals surface area (Å²) in [6, 6.07) is 1.54. The first kappa shape index (κ1) is 12.0. The van der Waals surface area contributed by atoms with Gasteiger partial charge in [-0.15, -0.1) is 5.92 Å². The molecule has 0 spiro atoms. The monoisotopic (exact) mass is 224 g/mol. The molecule has 0 fully saturated rings. The largest absolute Gasteiger partial charge is 0.396 e. The molecule has 0 saturated heterocycles. The van der Waals surface area contributed by atoms with Crippen molar-refractivity contribution in [1.29, 1.82) is 0 Å². The van der Waals surface area contributed by atoms with Gasteiger partial charge in [0.1, 0.15) is 11.6 Å². The van der Waals surface area contributed by atoms with E-state index in [-0.39, 0.29) is 17.8 Å². The van der Waals surface area contributed by atoms with Gasteiger partial charge in [0, 0.05) is 6.07 Å². The Morgan fingerprint density at radius 1 is 1.44 bits per heavy atom. The average Bonchev–Trinajstić information content (AvgIpc) is 2.23. The predicted molar refractivity (Wildman–Crippen MR) is 56.6 cm³/mol. The molecule has 5 heteroatoms. The number of halogens is 2. The third kappa shape index (κ3) is 2.70. The molecular formula is C11H10F2N2O. The van der Waals surface area contributed by atoms with Crippen LogP contribution in [0.5, 0.6) is 0 Å². The van der Waals surface area contributed by atoms with Gasteiger partial charge in [-0.3, -0.25) is 4.79 Å². The number of anilines is 1. The summed E-state index contributed by atoms with van der Waals surface area (Å²) in [7, 11) is 0. The highest BCUT2D eigenvalue weighted by Gasteiger charge is 2.14. The molecule has 3 N–H and O–H groups in total. The summed E-state index contributed by atoms with van der Waals surface area (Å²) in [6.07, 6.45) is 0. The minimum Gasteiger partial charge on any atom is -0.396 e. The Morgan fingerprint density at radius 2 is 2.12 bits per heavy atom. The highest BCUT2D eigenvalue weighted by Crippen LogP contribution is 2.16. The molecule has 0 unspecified atom stereocenters. The van der Waals surface area contributed by atoms with Crippen molar-refractivity contribution in [3.63, 3.8) is 0 Å². The fourth-order valence-corrected chi connectivity index (χ4v) is 1.05. The standard InChI is InChI=1S/C11H10F2N2O/c1-2-3-4-15-11(16)7-5-10(14)9(13)6-8(7)12/h5-6H,4,14H2,1H3,(H,15,16). The van der Waals surface area contributed by atoms with Gasteiger partial charge < -0.3 is 11.1 Å². The second-order valence-electron chi connectivity index (χ2n) is 2.96. The first-order chi connectivity index (χ1) is 7.56. The van der Waals surface area contributed by atoms with Gasteiger partial charge in [-0.2, -0.15) is 0 Å². The van der Waals surface area contributed by atoms with Gasteiger partial charge in [0.15, 0.2) is 0 Å². The van der Waals surface area contributed by atoms with Crippen LogP contribution < -0.4 is 11.1 Å². The highest BCUT2D eigenvalue weighted by molar-refractivity contribution is 5.95. The topological polar surface area (TPSA) is 55.1 Å². The Kier molecular flexibility index (Phi) is 3.84. The summed E-state index contributed by atoms with van der Waals surface area (Å²) < 4.78 is 26.0. The Balaban J connectivity index is 2.90. The van der Waals surface area contributed by atoms with E-state index in [9.17, 15) is 13.6 Å². The van der Waals surface area contributed by atoms with Crippen LogP contribution in [0.25, 0.3) is 0 Å². The number of nitrogen functional groups attached to an aromatic ring is 1. The van der Waals surface area contributed by atoms with Crippen molar-refractivity contribution in [2.24, 2.45) is 0 Å². The number of rotatable bonds is 2. The van der Waals surface area contributed by atoms with Gasteiger partial charge in [-0.25, -0.2) is 8.78 Å². The summed E-state index contributed by atoms with van der Waals surface area (Å²) in [5.41, 5.74) is 4.67. The second-order valence-corrected chi connectivity index (χ2v) is 2.96. The van der Waals surface area contributed by atoms with Gasteiger partial charge in [-0.1, -0.05) is 5.92 Å². The second kappa shape index (κ2) is 5.12. The maximum absolute atomic E-state index is 13.2. The minimum atomic E-state index is -0.950. The van der Waals surface area contributed by atoms with Crippen molar-refractivity contribution in [3.8, 4) is 11.8 Å². The maximum atomic E-state index is 13.2. The fraction of sp³-hybridized carbons (Fsp3) is 0.182. The number of nitrogens with two attached hydrogens (primary N) is 1. The van der Waals surface area contributed by atoms with Crippen LogP contribution in [0.1, 0.15) is 17.3 Å². The van der Waals surface area contributed by atoms with Crippen molar-refractivity contribution in [3.05, 3.63) is 29.3 Å². The van der Waals surface area contributed by atoms with E-state index in [2.05, 4.69) is 17.2 Å². The zero-order chi connectivity index (χ0) is 12.1. The van der Waals surface area contributed by atoms with E-state index < -0.39 is 17.5 Å². The van der Waals surface area contributed by atoms with Gasteiger partial charge in [-0.05, 0) is 13.0 Å². The Hall–Kier alpha value is -2.09. The lowest BCUT2D eigenvalue weighted by molar-refractivity contribution is 0.0954. The molecule has 3 nitrogen and oxygen atoms in total. The van der Waals surface area contributed by atoms with Crippen molar-refractivity contribution in [2.45, 2.75) is 6.92 Å². The van der Waals surface area contributed by atoms with Crippen LogP contribution in [-0.2, 0) is 0 Å². The van der Waals surface area contributed by atoms with Crippen LogP contribution in [0.15, 0.2) is 12.1 Å². The first-order valence-corrected chi connectivity index (χ1v) is 4.48. The molecule has 0 radical (unpaired) electrons. The molecule has 0 aliphatic carbocycles. The molecule has 0 bridgehead atoms. The van der Waals surface area contributed by atoms with Crippen molar-refractivity contribution in [2.75, 3.05) is 12.3 Å². The minimum absolute atomic E-state index is 0.103.